The first-order valence-corrected chi connectivity index (χ1v) is 7.28. The normalized spacial score (nSPS) is 11.0. The predicted octanol–water partition coefficient (Wildman–Crippen LogP) is 1.80. The van der Waals surface area contributed by atoms with E-state index in [4.69, 9.17) is 9.47 Å². The molecule has 0 amide bonds. The van der Waals surface area contributed by atoms with E-state index < -0.39 is 0 Å². The lowest BCUT2D eigenvalue weighted by atomic mass is 10.1. The molecular formula is C16H28N2O2. The molecule has 1 N–H and O–H groups in total. The minimum absolute atomic E-state index is 0.708. The maximum absolute atomic E-state index is 5.69. The summed E-state index contributed by atoms with van der Waals surface area (Å²) in [6, 6.07) is 8.24. The van der Waals surface area contributed by atoms with Gasteiger partial charge >= 0.3 is 0 Å². The van der Waals surface area contributed by atoms with Crippen molar-refractivity contribution in [3.63, 3.8) is 0 Å². The average molecular weight is 280 g/mol. The van der Waals surface area contributed by atoms with E-state index in [0.717, 1.165) is 38.4 Å². The molecule has 4 heteroatoms. The third kappa shape index (κ3) is 8.15. The first-order valence-electron chi connectivity index (χ1n) is 7.28. The highest BCUT2D eigenvalue weighted by molar-refractivity contribution is 5.27. The number of methoxy groups -OCH3 is 1. The van der Waals surface area contributed by atoms with E-state index in [0.29, 0.717) is 6.61 Å². The molecule has 0 spiro atoms. The summed E-state index contributed by atoms with van der Waals surface area (Å²) in [6.45, 7) is 4.52. The van der Waals surface area contributed by atoms with Crippen LogP contribution in [0.1, 0.15) is 12.0 Å². The van der Waals surface area contributed by atoms with E-state index in [2.05, 4.69) is 36.4 Å². The number of nitrogens with one attached hydrogen (secondary N) is 1. The molecule has 0 aromatic heterocycles. The molecule has 0 radical (unpaired) electrons. The number of nitrogens with zero attached hydrogens (tertiary/aromatic N) is 1. The molecule has 0 saturated carbocycles. The lowest BCUT2D eigenvalue weighted by Crippen LogP contribution is -2.25. The standard InChI is InChI=1S/C16H28N2O2/c1-18(2)12-4-10-17-11-14-20-16-7-5-15(6-8-16)9-13-19-3/h5-8,17H,4,9-14H2,1-3H3. The van der Waals surface area contributed by atoms with Crippen LogP contribution >= 0.6 is 0 Å². The van der Waals surface area contributed by atoms with Crippen LogP contribution in [0.5, 0.6) is 5.75 Å². The fourth-order valence-electron chi connectivity index (χ4n) is 1.86. The van der Waals surface area contributed by atoms with Crippen LogP contribution in [-0.4, -0.2) is 59.0 Å². The third-order valence-corrected chi connectivity index (χ3v) is 3.02. The summed E-state index contributed by atoms with van der Waals surface area (Å²) in [5.74, 6) is 0.932. The van der Waals surface area contributed by atoms with Gasteiger partial charge in [-0.15, -0.1) is 0 Å². The Labute approximate surface area is 123 Å². The first-order chi connectivity index (χ1) is 9.72. The Morgan fingerprint density at radius 3 is 2.45 bits per heavy atom. The van der Waals surface area contributed by atoms with Crippen LogP contribution in [0, 0.1) is 0 Å². The molecule has 0 unspecified atom stereocenters. The van der Waals surface area contributed by atoms with Gasteiger partial charge < -0.3 is 19.7 Å². The zero-order valence-corrected chi connectivity index (χ0v) is 13.0. The lowest BCUT2D eigenvalue weighted by Gasteiger charge is -2.10. The second-order valence-corrected chi connectivity index (χ2v) is 5.14. The summed E-state index contributed by atoms with van der Waals surface area (Å²) >= 11 is 0. The Kier molecular flexibility index (Phi) is 9.04. The van der Waals surface area contributed by atoms with Gasteiger partial charge in [-0.25, -0.2) is 0 Å². The highest BCUT2D eigenvalue weighted by Crippen LogP contribution is 2.12. The van der Waals surface area contributed by atoms with Crippen molar-refractivity contribution >= 4 is 0 Å². The highest BCUT2D eigenvalue weighted by Gasteiger charge is 1.96. The van der Waals surface area contributed by atoms with E-state index in [1.807, 2.05) is 12.1 Å². The zero-order valence-electron chi connectivity index (χ0n) is 13.0. The van der Waals surface area contributed by atoms with Crippen LogP contribution in [0.25, 0.3) is 0 Å². The average Bonchev–Trinajstić information content (AvgIpc) is 2.45. The van der Waals surface area contributed by atoms with Crippen molar-refractivity contribution in [1.82, 2.24) is 10.2 Å². The maximum atomic E-state index is 5.69. The fraction of sp³-hybridized carbons (Fsp3) is 0.625. The molecule has 0 heterocycles. The number of rotatable bonds is 11. The van der Waals surface area contributed by atoms with Crippen molar-refractivity contribution in [3.8, 4) is 5.75 Å². The number of hydrogen-bond donors (Lipinski definition) is 1. The third-order valence-electron chi connectivity index (χ3n) is 3.02. The van der Waals surface area contributed by atoms with Crippen LogP contribution in [0.4, 0.5) is 0 Å². The molecule has 0 bridgehead atoms. The molecule has 1 rings (SSSR count). The molecule has 0 aliphatic heterocycles. The Morgan fingerprint density at radius 2 is 1.80 bits per heavy atom. The van der Waals surface area contributed by atoms with Gasteiger partial charge in [0.15, 0.2) is 0 Å². The van der Waals surface area contributed by atoms with Crippen LogP contribution < -0.4 is 10.1 Å². The van der Waals surface area contributed by atoms with Gasteiger partial charge in [0.1, 0.15) is 12.4 Å². The molecule has 1 aromatic rings. The van der Waals surface area contributed by atoms with Crippen LogP contribution in [-0.2, 0) is 11.2 Å². The second kappa shape index (κ2) is 10.7. The minimum atomic E-state index is 0.708. The number of hydrogen-bond acceptors (Lipinski definition) is 4. The summed E-state index contributed by atoms with van der Waals surface area (Å²) in [7, 11) is 5.92. The molecule has 1 aromatic carbocycles. The van der Waals surface area contributed by atoms with Gasteiger partial charge in [0.25, 0.3) is 0 Å². The summed E-state index contributed by atoms with van der Waals surface area (Å²) in [4.78, 5) is 2.20. The molecule has 0 aliphatic rings. The van der Waals surface area contributed by atoms with E-state index in [1.54, 1.807) is 7.11 Å². The van der Waals surface area contributed by atoms with Crippen molar-refractivity contribution in [3.05, 3.63) is 29.8 Å². The van der Waals surface area contributed by atoms with E-state index in [-0.39, 0.29) is 0 Å². The van der Waals surface area contributed by atoms with E-state index in [1.165, 1.54) is 12.0 Å². The quantitative estimate of drug-likeness (QED) is 0.627. The molecule has 4 nitrogen and oxygen atoms in total. The summed E-state index contributed by atoms with van der Waals surface area (Å²) in [5.41, 5.74) is 1.28. The van der Waals surface area contributed by atoms with Crippen molar-refractivity contribution in [1.29, 1.82) is 0 Å². The minimum Gasteiger partial charge on any atom is -0.492 e. The zero-order chi connectivity index (χ0) is 14.6. The smallest absolute Gasteiger partial charge is 0.119 e. The highest BCUT2D eigenvalue weighted by atomic mass is 16.5. The topological polar surface area (TPSA) is 33.7 Å². The molecular weight excluding hydrogens is 252 g/mol. The molecule has 20 heavy (non-hydrogen) atoms. The van der Waals surface area contributed by atoms with Gasteiger partial charge in [-0.3, -0.25) is 0 Å². The Morgan fingerprint density at radius 1 is 1.05 bits per heavy atom. The first kappa shape index (κ1) is 17.0. The van der Waals surface area contributed by atoms with Gasteiger partial charge in [-0.05, 0) is 57.7 Å². The van der Waals surface area contributed by atoms with Crippen molar-refractivity contribution in [2.45, 2.75) is 12.8 Å². The molecule has 0 fully saturated rings. The Balaban J connectivity index is 2.07. The molecule has 114 valence electrons. The van der Waals surface area contributed by atoms with Crippen molar-refractivity contribution in [2.24, 2.45) is 0 Å². The molecule has 0 atom stereocenters. The SMILES string of the molecule is COCCc1ccc(OCCNCCCN(C)C)cc1. The van der Waals surface area contributed by atoms with Crippen molar-refractivity contribution in [2.75, 3.05) is 54.1 Å². The van der Waals surface area contributed by atoms with Crippen LogP contribution in [0.3, 0.4) is 0 Å². The van der Waals surface area contributed by atoms with Crippen LogP contribution in [0.2, 0.25) is 0 Å². The lowest BCUT2D eigenvalue weighted by molar-refractivity contribution is 0.202. The molecule has 0 aliphatic carbocycles. The predicted molar refractivity (Wildman–Crippen MR) is 83.6 cm³/mol. The van der Waals surface area contributed by atoms with Gasteiger partial charge in [0.2, 0.25) is 0 Å². The summed E-state index contributed by atoms with van der Waals surface area (Å²) in [5, 5.41) is 3.38. The number of ether oxygens (including phenoxy) is 2. The largest absolute Gasteiger partial charge is 0.492 e. The Hall–Kier alpha value is -1.10. The monoisotopic (exact) mass is 280 g/mol. The summed E-state index contributed by atoms with van der Waals surface area (Å²) in [6.07, 6.45) is 2.12. The van der Waals surface area contributed by atoms with Gasteiger partial charge in [-0.2, -0.15) is 0 Å². The Bertz CT molecular complexity index is 339. The second-order valence-electron chi connectivity index (χ2n) is 5.14. The van der Waals surface area contributed by atoms with E-state index in [9.17, 15) is 0 Å². The maximum Gasteiger partial charge on any atom is 0.119 e. The molecule has 0 saturated heterocycles. The van der Waals surface area contributed by atoms with Gasteiger partial charge in [0.05, 0.1) is 6.61 Å². The van der Waals surface area contributed by atoms with Gasteiger partial charge in [-0.1, -0.05) is 12.1 Å². The van der Waals surface area contributed by atoms with Gasteiger partial charge in [0, 0.05) is 13.7 Å². The van der Waals surface area contributed by atoms with E-state index >= 15 is 0 Å². The number of benzene rings is 1. The summed E-state index contributed by atoms with van der Waals surface area (Å²) < 4.78 is 10.7. The van der Waals surface area contributed by atoms with Crippen molar-refractivity contribution < 1.29 is 9.47 Å². The van der Waals surface area contributed by atoms with Crippen LogP contribution in [0.15, 0.2) is 24.3 Å². The fourth-order valence-corrected chi connectivity index (χ4v) is 1.86.